The van der Waals surface area contributed by atoms with Crippen molar-refractivity contribution in [3.8, 4) is 0 Å². The third-order valence-corrected chi connectivity index (χ3v) is 8.85. The van der Waals surface area contributed by atoms with Crippen LogP contribution in [0.1, 0.15) is 207 Å². The van der Waals surface area contributed by atoms with Gasteiger partial charge in [-0.3, -0.25) is 9.59 Å². The Labute approximate surface area is 263 Å². The normalized spacial score (nSPS) is 12.1. The number of carbonyl (C=O) groups is 2. The molecule has 0 aromatic heterocycles. The van der Waals surface area contributed by atoms with Crippen LogP contribution in [-0.2, 0) is 19.1 Å². The van der Waals surface area contributed by atoms with E-state index in [0.717, 1.165) is 32.1 Å². The highest BCUT2D eigenvalue weighted by Gasteiger charge is 2.18. The molecule has 42 heavy (non-hydrogen) atoms. The predicted molar refractivity (Wildman–Crippen MR) is 181 cm³/mol. The van der Waals surface area contributed by atoms with Gasteiger partial charge in [0, 0.05) is 12.8 Å². The van der Waals surface area contributed by atoms with Gasteiger partial charge in [0.05, 0.1) is 13.2 Å². The molecular formula is C38H74O4. The van der Waals surface area contributed by atoms with Crippen LogP contribution in [0.3, 0.4) is 0 Å². The maximum Gasteiger partial charge on any atom is 0.306 e. The second kappa shape index (κ2) is 32.8. The van der Waals surface area contributed by atoms with Gasteiger partial charge in [-0.25, -0.2) is 0 Å². The highest BCUT2D eigenvalue weighted by molar-refractivity contribution is 5.69. The molecule has 1 atom stereocenters. The van der Waals surface area contributed by atoms with Gasteiger partial charge in [-0.1, -0.05) is 169 Å². The first-order valence-corrected chi connectivity index (χ1v) is 18.8. The van der Waals surface area contributed by atoms with Crippen LogP contribution in [0.5, 0.6) is 0 Å². The number of esters is 2. The van der Waals surface area contributed by atoms with E-state index in [4.69, 9.17) is 9.47 Å². The smallest absolute Gasteiger partial charge is 0.306 e. The Balaban J connectivity index is 3.47. The molecule has 0 radical (unpaired) electrons. The van der Waals surface area contributed by atoms with Crippen LogP contribution < -0.4 is 0 Å². The fraction of sp³-hybridized carbons (Fsp3) is 0.947. The van der Waals surface area contributed by atoms with Crippen LogP contribution in [0.2, 0.25) is 0 Å². The second-order valence-electron chi connectivity index (χ2n) is 13.3. The van der Waals surface area contributed by atoms with Crippen molar-refractivity contribution in [2.75, 3.05) is 13.2 Å². The van der Waals surface area contributed by atoms with E-state index in [9.17, 15) is 9.59 Å². The molecule has 0 amide bonds. The summed E-state index contributed by atoms with van der Waals surface area (Å²) in [5.41, 5.74) is 0. The van der Waals surface area contributed by atoms with Gasteiger partial charge >= 0.3 is 11.9 Å². The predicted octanol–water partition coefficient (Wildman–Crippen LogP) is 12.3. The lowest BCUT2D eigenvalue weighted by Crippen LogP contribution is -2.17. The molecule has 0 fully saturated rings. The van der Waals surface area contributed by atoms with E-state index in [0.29, 0.717) is 37.9 Å². The highest BCUT2D eigenvalue weighted by Crippen LogP contribution is 2.24. The van der Waals surface area contributed by atoms with Crippen molar-refractivity contribution in [1.29, 1.82) is 0 Å². The molecule has 0 bridgehead atoms. The second-order valence-corrected chi connectivity index (χ2v) is 13.3. The molecule has 1 unspecified atom stereocenters. The molecule has 4 heteroatoms. The zero-order chi connectivity index (χ0) is 30.9. The quantitative estimate of drug-likeness (QED) is 0.0560. The Morgan fingerprint density at radius 2 is 0.810 bits per heavy atom. The number of hydrogen-bond acceptors (Lipinski definition) is 4. The van der Waals surface area contributed by atoms with Gasteiger partial charge in [0.25, 0.3) is 0 Å². The zero-order valence-corrected chi connectivity index (χ0v) is 29.0. The Hall–Kier alpha value is -1.06. The summed E-state index contributed by atoms with van der Waals surface area (Å²) in [7, 11) is 0. The Bertz CT molecular complexity index is 573. The average molecular weight is 595 g/mol. The third kappa shape index (κ3) is 30.4. The number of hydrogen-bond donors (Lipinski definition) is 0. The van der Waals surface area contributed by atoms with Gasteiger partial charge in [-0.2, -0.15) is 0 Å². The van der Waals surface area contributed by atoms with E-state index in [-0.39, 0.29) is 11.9 Å². The van der Waals surface area contributed by atoms with E-state index in [1.807, 2.05) is 0 Å². The molecule has 0 saturated carbocycles. The molecule has 0 aliphatic carbocycles. The minimum absolute atomic E-state index is 0.00193. The maximum absolute atomic E-state index is 12.3. The molecule has 0 saturated heterocycles. The van der Waals surface area contributed by atoms with Crippen LogP contribution in [0, 0.1) is 11.8 Å². The van der Waals surface area contributed by atoms with E-state index >= 15 is 0 Å². The molecule has 0 aliphatic rings. The molecule has 0 aliphatic heterocycles. The van der Waals surface area contributed by atoms with E-state index in [1.165, 1.54) is 135 Å². The lowest BCUT2D eigenvalue weighted by Gasteiger charge is -2.20. The van der Waals surface area contributed by atoms with Crippen LogP contribution in [0.25, 0.3) is 0 Å². The van der Waals surface area contributed by atoms with Crippen LogP contribution in [-0.4, -0.2) is 25.2 Å². The Kier molecular flexibility index (Phi) is 32.0. The van der Waals surface area contributed by atoms with E-state index < -0.39 is 0 Å². The largest absolute Gasteiger partial charge is 0.466 e. The van der Waals surface area contributed by atoms with Gasteiger partial charge in [0.2, 0.25) is 0 Å². The third-order valence-electron chi connectivity index (χ3n) is 8.85. The number of unbranched alkanes of at least 4 members (excludes halogenated alkanes) is 22. The zero-order valence-electron chi connectivity index (χ0n) is 29.0. The first-order chi connectivity index (χ1) is 20.5. The number of carbonyl (C=O) groups excluding carboxylic acids is 2. The molecule has 0 aromatic rings. The van der Waals surface area contributed by atoms with E-state index in [2.05, 4.69) is 27.7 Å². The summed E-state index contributed by atoms with van der Waals surface area (Å²) < 4.78 is 10.9. The Morgan fingerprint density at radius 1 is 0.452 bits per heavy atom. The van der Waals surface area contributed by atoms with Gasteiger partial charge in [0.15, 0.2) is 0 Å². The summed E-state index contributed by atoms with van der Waals surface area (Å²) in [5.74, 6) is 1.02. The summed E-state index contributed by atoms with van der Waals surface area (Å²) in [6, 6.07) is 0. The van der Waals surface area contributed by atoms with Crippen molar-refractivity contribution >= 4 is 11.9 Å². The fourth-order valence-corrected chi connectivity index (χ4v) is 5.77. The molecule has 250 valence electrons. The van der Waals surface area contributed by atoms with Crippen molar-refractivity contribution in [2.45, 2.75) is 207 Å². The number of ether oxygens (including phenoxy) is 2. The molecule has 0 spiro atoms. The van der Waals surface area contributed by atoms with Crippen LogP contribution >= 0.6 is 0 Å². The van der Waals surface area contributed by atoms with Crippen molar-refractivity contribution in [1.82, 2.24) is 0 Å². The summed E-state index contributed by atoms with van der Waals surface area (Å²) in [4.78, 5) is 24.1. The Morgan fingerprint density at radius 3 is 1.24 bits per heavy atom. The average Bonchev–Trinajstić information content (AvgIpc) is 2.97. The minimum atomic E-state index is 0.00193. The first kappa shape index (κ1) is 40.9. The molecule has 0 rings (SSSR count). The fourth-order valence-electron chi connectivity index (χ4n) is 5.77. The molecule has 4 nitrogen and oxygen atoms in total. The van der Waals surface area contributed by atoms with Crippen molar-refractivity contribution in [2.24, 2.45) is 11.8 Å². The van der Waals surface area contributed by atoms with Gasteiger partial charge in [0.1, 0.15) is 0 Å². The van der Waals surface area contributed by atoms with Crippen molar-refractivity contribution in [3.05, 3.63) is 0 Å². The van der Waals surface area contributed by atoms with Crippen LogP contribution in [0.4, 0.5) is 0 Å². The lowest BCUT2D eigenvalue weighted by molar-refractivity contribution is -0.145. The summed E-state index contributed by atoms with van der Waals surface area (Å²) in [6.45, 7) is 10.2. The van der Waals surface area contributed by atoms with Crippen molar-refractivity contribution in [3.63, 3.8) is 0 Å². The molecule has 0 N–H and O–H groups in total. The molecular weight excluding hydrogens is 520 g/mol. The maximum atomic E-state index is 12.3. The summed E-state index contributed by atoms with van der Waals surface area (Å²) in [6.07, 6.45) is 33.8. The monoisotopic (exact) mass is 595 g/mol. The topological polar surface area (TPSA) is 52.6 Å². The summed E-state index contributed by atoms with van der Waals surface area (Å²) in [5, 5.41) is 0. The number of rotatable bonds is 33. The highest BCUT2D eigenvalue weighted by atomic mass is 16.5. The molecule has 0 aromatic carbocycles. The lowest BCUT2D eigenvalue weighted by atomic mass is 9.87. The SMILES string of the molecule is CCCCCCCCOC(=O)CCCCCCCCCCCCCCCC(CC(=O)OCCCCCCCC)C(C)C. The minimum Gasteiger partial charge on any atom is -0.466 e. The van der Waals surface area contributed by atoms with E-state index in [1.54, 1.807) is 0 Å². The first-order valence-electron chi connectivity index (χ1n) is 18.8. The van der Waals surface area contributed by atoms with Gasteiger partial charge < -0.3 is 9.47 Å². The van der Waals surface area contributed by atoms with Crippen molar-refractivity contribution < 1.29 is 19.1 Å². The summed E-state index contributed by atoms with van der Waals surface area (Å²) >= 11 is 0. The standard InChI is InChI=1S/C38H74O4/c1-5-7-9-11-24-28-32-41-37(39)31-27-23-21-19-17-15-13-14-16-18-20-22-26-30-36(35(3)4)34-38(40)42-33-29-25-12-10-8-6-2/h35-36H,5-34H2,1-4H3. The molecule has 0 heterocycles. The van der Waals surface area contributed by atoms with Crippen LogP contribution in [0.15, 0.2) is 0 Å². The van der Waals surface area contributed by atoms with Gasteiger partial charge in [-0.05, 0) is 37.5 Å². The van der Waals surface area contributed by atoms with Gasteiger partial charge in [-0.15, -0.1) is 0 Å².